The van der Waals surface area contributed by atoms with Gasteiger partial charge in [0.25, 0.3) is 0 Å². The third kappa shape index (κ3) is 2.87. The van der Waals surface area contributed by atoms with Gasteiger partial charge in [0.05, 0.1) is 0 Å². The van der Waals surface area contributed by atoms with Crippen LogP contribution in [0.15, 0.2) is 42.5 Å². The van der Waals surface area contributed by atoms with E-state index < -0.39 is 0 Å². The highest BCUT2D eigenvalue weighted by atomic mass is 19.1. The summed E-state index contributed by atoms with van der Waals surface area (Å²) in [4.78, 5) is 0. The van der Waals surface area contributed by atoms with E-state index in [-0.39, 0.29) is 5.82 Å². The normalized spacial score (nSPS) is 10.4. The Hall–Kier alpha value is -1.87. The molecule has 0 aliphatic heterocycles. The van der Waals surface area contributed by atoms with E-state index in [0.717, 1.165) is 22.4 Å². The molecule has 94 valence electrons. The molecule has 0 fully saturated rings. The van der Waals surface area contributed by atoms with Crippen LogP contribution in [0.5, 0.6) is 5.75 Å². The lowest BCUT2D eigenvalue weighted by atomic mass is 10.1. The maximum atomic E-state index is 13.2. The fourth-order valence-corrected chi connectivity index (χ4v) is 1.80. The minimum Gasteiger partial charge on any atom is -0.489 e. The minimum atomic E-state index is -0.268. The summed E-state index contributed by atoms with van der Waals surface area (Å²) in [6, 6.07) is 12.3. The van der Waals surface area contributed by atoms with E-state index in [9.17, 15) is 4.39 Å². The molecule has 0 saturated heterocycles. The number of halogens is 1. The van der Waals surface area contributed by atoms with Gasteiger partial charge in [-0.2, -0.15) is 0 Å². The summed E-state index contributed by atoms with van der Waals surface area (Å²) in [5.74, 6) is 0.542. The van der Waals surface area contributed by atoms with Crippen LogP contribution in [0.1, 0.15) is 16.7 Å². The van der Waals surface area contributed by atoms with Crippen molar-refractivity contribution in [1.82, 2.24) is 0 Å². The molecular weight excluding hydrogens is 229 g/mol. The summed E-state index contributed by atoms with van der Waals surface area (Å²) in [7, 11) is 0. The Bertz CT molecular complexity index is 540. The van der Waals surface area contributed by atoms with Gasteiger partial charge in [0, 0.05) is 6.54 Å². The lowest BCUT2D eigenvalue weighted by Gasteiger charge is -2.11. The van der Waals surface area contributed by atoms with Crippen molar-refractivity contribution in [3.05, 3.63) is 65.0 Å². The Labute approximate surface area is 106 Å². The molecular formula is C15H16FNO. The second-order valence-corrected chi connectivity index (χ2v) is 4.17. The first-order chi connectivity index (χ1) is 8.70. The average molecular weight is 245 g/mol. The standard InChI is InChI=1S/C15H16FNO/c1-11-4-2-3-5-15(11)18-10-13-8-14(16)7-6-12(13)9-17/h2-8H,9-10,17H2,1H3. The van der Waals surface area contributed by atoms with Crippen LogP contribution >= 0.6 is 0 Å². The molecule has 2 rings (SSSR count). The van der Waals surface area contributed by atoms with Crippen molar-refractivity contribution >= 4 is 0 Å². The van der Waals surface area contributed by atoms with Crippen molar-refractivity contribution in [3.8, 4) is 5.75 Å². The van der Waals surface area contributed by atoms with Gasteiger partial charge in [0.1, 0.15) is 18.2 Å². The topological polar surface area (TPSA) is 35.2 Å². The van der Waals surface area contributed by atoms with Gasteiger partial charge in [0.2, 0.25) is 0 Å². The van der Waals surface area contributed by atoms with Crippen LogP contribution in [0, 0.1) is 12.7 Å². The molecule has 0 aliphatic carbocycles. The van der Waals surface area contributed by atoms with E-state index in [2.05, 4.69) is 0 Å². The molecule has 2 N–H and O–H groups in total. The zero-order valence-electron chi connectivity index (χ0n) is 10.3. The first-order valence-corrected chi connectivity index (χ1v) is 5.86. The van der Waals surface area contributed by atoms with Crippen LogP contribution in [-0.2, 0) is 13.2 Å². The quantitative estimate of drug-likeness (QED) is 0.898. The average Bonchev–Trinajstić information content (AvgIpc) is 2.38. The number of para-hydroxylation sites is 1. The summed E-state index contributed by atoms with van der Waals surface area (Å²) >= 11 is 0. The van der Waals surface area contributed by atoms with Crippen molar-refractivity contribution in [3.63, 3.8) is 0 Å². The molecule has 0 aromatic heterocycles. The molecule has 18 heavy (non-hydrogen) atoms. The van der Waals surface area contributed by atoms with Crippen molar-refractivity contribution < 1.29 is 9.13 Å². The third-order valence-corrected chi connectivity index (χ3v) is 2.86. The fraction of sp³-hybridized carbons (Fsp3) is 0.200. The monoisotopic (exact) mass is 245 g/mol. The molecule has 2 aromatic carbocycles. The van der Waals surface area contributed by atoms with Gasteiger partial charge in [0.15, 0.2) is 0 Å². The van der Waals surface area contributed by atoms with Crippen molar-refractivity contribution in [2.45, 2.75) is 20.1 Å². The SMILES string of the molecule is Cc1ccccc1OCc1cc(F)ccc1CN. The second kappa shape index (κ2) is 5.65. The van der Waals surface area contributed by atoms with Crippen LogP contribution in [-0.4, -0.2) is 0 Å². The number of hydrogen-bond acceptors (Lipinski definition) is 2. The number of aryl methyl sites for hydroxylation is 1. The fourth-order valence-electron chi connectivity index (χ4n) is 1.80. The molecule has 0 heterocycles. The van der Waals surface area contributed by atoms with Crippen molar-refractivity contribution in [1.29, 1.82) is 0 Å². The van der Waals surface area contributed by atoms with E-state index in [0.29, 0.717) is 13.2 Å². The highest BCUT2D eigenvalue weighted by Gasteiger charge is 2.05. The molecule has 3 heteroatoms. The summed E-state index contributed by atoms with van der Waals surface area (Å²) in [6.45, 7) is 2.69. The third-order valence-electron chi connectivity index (χ3n) is 2.86. The van der Waals surface area contributed by atoms with Crippen LogP contribution in [0.4, 0.5) is 4.39 Å². The maximum Gasteiger partial charge on any atom is 0.123 e. The molecule has 0 radical (unpaired) electrons. The van der Waals surface area contributed by atoms with Gasteiger partial charge >= 0.3 is 0 Å². The highest BCUT2D eigenvalue weighted by Crippen LogP contribution is 2.19. The molecule has 0 aliphatic rings. The molecule has 0 unspecified atom stereocenters. The van der Waals surface area contributed by atoms with Crippen LogP contribution in [0.25, 0.3) is 0 Å². The van der Waals surface area contributed by atoms with E-state index in [1.54, 1.807) is 6.07 Å². The van der Waals surface area contributed by atoms with Gasteiger partial charge in [-0.1, -0.05) is 24.3 Å². The Kier molecular flexibility index (Phi) is 3.95. The van der Waals surface area contributed by atoms with Crippen molar-refractivity contribution in [2.75, 3.05) is 0 Å². The Morgan fingerprint density at radius 2 is 1.89 bits per heavy atom. The van der Waals surface area contributed by atoms with E-state index in [4.69, 9.17) is 10.5 Å². The smallest absolute Gasteiger partial charge is 0.123 e. The van der Waals surface area contributed by atoms with Gasteiger partial charge in [-0.25, -0.2) is 4.39 Å². The number of nitrogens with two attached hydrogens (primary N) is 1. The molecule has 2 aromatic rings. The van der Waals surface area contributed by atoms with E-state index >= 15 is 0 Å². The molecule has 0 spiro atoms. The first-order valence-electron chi connectivity index (χ1n) is 5.86. The lowest BCUT2D eigenvalue weighted by molar-refractivity contribution is 0.302. The minimum absolute atomic E-state index is 0.268. The summed E-state index contributed by atoms with van der Waals surface area (Å²) in [5.41, 5.74) is 8.38. The Morgan fingerprint density at radius 3 is 2.61 bits per heavy atom. The number of benzene rings is 2. The van der Waals surface area contributed by atoms with Crippen LogP contribution in [0.2, 0.25) is 0 Å². The highest BCUT2D eigenvalue weighted by molar-refractivity contribution is 5.33. The van der Waals surface area contributed by atoms with Crippen LogP contribution in [0.3, 0.4) is 0 Å². The zero-order chi connectivity index (χ0) is 13.0. The molecule has 0 amide bonds. The van der Waals surface area contributed by atoms with Gasteiger partial charge in [-0.15, -0.1) is 0 Å². The van der Waals surface area contributed by atoms with Gasteiger partial charge in [-0.3, -0.25) is 0 Å². The van der Waals surface area contributed by atoms with Gasteiger partial charge in [-0.05, 0) is 41.8 Å². The van der Waals surface area contributed by atoms with Crippen LogP contribution < -0.4 is 10.5 Å². The number of rotatable bonds is 4. The number of ether oxygens (including phenoxy) is 1. The molecule has 0 bridgehead atoms. The number of hydrogen-bond donors (Lipinski definition) is 1. The van der Waals surface area contributed by atoms with Gasteiger partial charge < -0.3 is 10.5 Å². The first kappa shape index (κ1) is 12.6. The van der Waals surface area contributed by atoms with E-state index in [1.165, 1.54) is 12.1 Å². The predicted octanol–water partition coefficient (Wildman–Crippen LogP) is 3.17. The Balaban J connectivity index is 2.15. The summed E-state index contributed by atoms with van der Waals surface area (Å²) in [6.07, 6.45) is 0. The molecule has 0 saturated carbocycles. The molecule has 2 nitrogen and oxygen atoms in total. The maximum absolute atomic E-state index is 13.2. The zero-order valence-corrected chi connectivity index (χ0v) is 10.3. The second-order valence-electron chi connectivity index (χ2n) is 4.17. The Morgan fingerprint density at radius 1 is 1.11 bits per heavy atom. The molecule has 0 atom stereocenters. The van der Waals surface area contributed by atoms with E-state index in [1.807, 2.05) is 31.2 Å². The summed E-state index contributed by atoms with van der Waals surface area (Å²) < 4.78 is 18.9. The van der Waals surface area contributed by atoms with Crippen molar-refractivity contribution in [2.24, 2.45) is 5.73 Å². The lowest BCUT2D eigenvalue weighted by Crippen LogP contribution is -2.05. The largest absolute Gasteiger partial charge is 0.489 e. The summed E-state index contributed by atoms with van der Waals surface area (Å²) in [5, 5.41) is 0. The predicted molar refractivity (Wildman–Crippen MR) is 69.8 cm³/mol.